The van der Waals surface area contributed by atoms with Crippen LogP contribution in [0.25, 0.3) is 0 Å². The van der Waals surface area contributed by atoms with Gasteiger partial charge in [0.25, 0.3) is 0 Å². The maximum Gasteiger partial charge on any atom is 0.492 e. The lowest BCUT2D eigenvalue weighted by molar-refractivity contribution is -0.251. The number of alkyl halides is 3. The van der Waals surface area contributed by atoms with Crippen LogP contribution in [0.5, 0.6) is 0 Å². The molecule has 1 amide bonds. The first-order chi connectivity index (χ1) is 11.8. The molecule has 1 aliphatic heterocycles. The average Bonchev–Trinajstić information content (AvgIpc) is 2.60. The van der Waals surface area contributed by atoms with Gasteiger partial charge in [-0.3, -0.25) is 4.90 Å². The molecule has 0 saturated carbocycles. The average molecular weight is 360 g/mol. The quantitative estimate of drug-likeness (QED) is 0.826. The van der Waals surface area contributed by atoms with Gasteiger partial charge in [-0.15, -0.1) is 5.06 Å². The second-order valence-electron chi connectivity index (χ2n) is 5.62. The normalized spacial score (nSPS) is 18.5. The number of ether oxygens (including phenoxy) is 1. The molecule has 6 nitrogen and oxygen atoms in total. The molecule has 0 spiro atoms. The Hall–Kier alpha value is -2.29. The van der Waals surface area contributed by atoms with Crippen LogP contribution < -0.4 is 4.90 Å². The second kappa shape index (κ2) is 7.73. The molecular weight excluding hydrogens is 341 g/mol. The zero-order valence-electron chi connectivity index (χ0n) is 13.9. The number of rotatable bonds is 3. The predicted octanol–water partition coefficient (Wildman–Crippen LogP) is 3.44. The third-order valence-electron chi connectivity index (χ3n) is 3.99. The van der Waals surface area contributed by atoms with Crippen molar-refractivity contribution in [3.8, 4) is 0 Å². The van der Waals surface area contributed by atoms with Gasteiger partial charge in [0.1, 0.15) is 0 Å². The minimum atomic E-state index is -5.07. The fourth-order valence-electron chi connectivity index (χ4n) is 2.79. The SMILES string of the molecule is COC(=O)N(C)c1ccccc1C1CCCCN1OC(=O)C(F)(F)F. The van der Waals surface area contributed by atoms with Gasteiger partial charge in [0, 0.05) is 13.6 Å². The number of methoxy groups -OCH3 is 1. The maximum absolute atomic E-state index is 12.5. The largest absolute Gasteiger partial charge is 0.492 e. The first-order valence-corrected chi connectivity index (χ1v) is 7.72. The maximum atomic E-state index is 12.5. The second-order valence-corrected chi connectivity index (χ2v) is 5.62. The Morgan fingerprint density at radius 2 is 1.92 bits per heavy atom. The van der Waals surface area contributed by atoms with Crippen LogP contribution in [0.3, 0.4) is 0 Å². The van der Waals surface area contributed by atoms with Crippen molar-refractivity contribution in [3.05, 3.63) is 29.8 Å². The first-order valence-electron chi connectivity index (χ1n) is 7.72. The molecule has 2 rings (SSSR count). The highest BCUT2D eigenvalue weighted by Gasteiger charge is 2.44. The Morgan fingerprint density at radius 3 is 2.56 bits per heavy atom. The molecule has 1 atom stereocenters. The molecule has 0 N–H and O–H groups in total. The van der Waals surface area contributed by atoms with Crippen LogP contribution >= 0.6 is 0 Å². The number of carbonyl (C=O) groups is 2. The lowest BCUT2D eigenvalue weighted by Crippen LogP contribution is -2.40. The Morgan fingerprint density at radius 1 is 1.24 bits per heavy atom. The van der Waals surface area contributed by atoms with E-state index in [1.165, 1.54) is 19.1 Å². The van der Waals surface area contributed by atoms with Crippen molar-refractivity contribution in [1.82, 2.24) is 5.06 Å². The Bertz CT molecular complexity index is 636. The van der Waals surface area contributed by atoms with Crippen molar-refractivity contribution in [2.75, 3.05) is 25.6 Å². The van der Waals surface area contributed by atoms with E-state index in [0.717, 1.165) is 11.5 Å². The van der Waals surface area contributed by atoms with Crippen molar-refractivity contribution in [2.45, 2.75) is 31.5 Å². The van der Waals surface area contributed by atoms with E-state index in [0.29, 0.717) is 24.1 Å². The summed E-state index contributed by atoms with van der Waals surface area (Å²) < 4.78 is 42.3. The number of amides is 1. The van der Waals surface area contributed by atoms with Crippen molar-refractivity contribution >= 4 is 17.7 Å². The van der Waals surface area contributed by atoms with Crippen LogP contribution in [0.1, 0.15) is 30.9 Å². The zero-order chi connectivity index (χ0) is 18.6. The van der Waals surface area contributed by atoms with Gasteiger partial charge >= 0.3 is 18.2 Å². The Balaban J connectivity index is 2.31. The molecular formula is C16H19F3N2O4. The third kappa shape index (κ3) is 4.41. The highest BCUT2D eigenvalue weighted by Crippen LogP contribution is 2.37. The third-order valence-corrected chi connectivity index (χ3v) is 3.99. The van der Waals surface area contributed by atoms with Gasteiger partial charge in [0.05, 0.1) is 18.8 Å². The predicted molar refractivity (Wildman–Crippen MR) is 82.7 cm³/mol. The smallest absolute Gasteiger partial charge is 0.452 e. The van der Waals surface area contributed by atoms with Gasteiger partial charge in [-0.2, -0.15) is 13.2 Å². The standard InChI is InChI=1S/C16H19F3N2O4/c1-20(15(23)24-2)12-8-4-3-7-11(12)13-9-5-6-10-21(13)25-14(22)16(17,18)19/h3-4,7-8,13H,5-6,9-10H2,1-2H3. The minimum absolute atomic E-state index is 0.183. The topological polar surface area (TPSA) is 59.1 Å². The van der Waals surface area contributed by atoms with E-state index < -0.39 is 24.3 Å². The van der Waals surface area contributed by atoms with E-state index in [-0.39, 0.29) is 6.54 Å². The van der Waals surface area contributed by atoms with Crippen molar-refractivity contribution in [2.24, 2.45) is 0 Å². The summed E-state index contributed by atoms with van der Waals surface area (Å²) in [7, 11) is 2.74. The molecule has 1 fully saturated rings. The van der Waals surface area contributed by atoms with Gasteiger partial charge < -0.3 is 9.57 Å². The minimum Gasteiger partial charge on any atom is -0.452 e. The summed E-state index contributed by atoms with van der Waals surface area (Å²) >= 11 is 0. The van der Waals surface area contributed by atoms with Crippen LogP contribution in [0, 0.1) is 0 Å². The highest BCUT2D eigenvalue weighted by atomic mass is 19.4. The van der Waals surface area contributed by atoms with Crippen molar-refractivity contribution < 1.29 is 32.3 Å². The van der Waals surface area contributed by atoms with Gasteiger partial charge in [-0.1, -0.05) is 24.6 Å². The number of hydrogen-bond acceptors (Lipinski definition) is 5. The lowest BCUT2D eigenvalue weighted by Gasteiger charge is -2.35. The molecule has 1 saturated heterocycles. The molecule has 1 unspecified atom stereocenters. The number of halogens is 3. The number of nitrogens with zero attached hydrogens (tertiary/aromatic N) is 2. The van der Waals surface area contributed by atoms with Crippen molar-refractivity contribution in [3.63, 3.8) is 0 Å². The molecule has 1 aromatic rings. The number of piperidine rings is 1. The van der Waals surface area contributed by atoms with E-state index in [9.17, 15) is 22.8 Å². The lowest BCUT2D eigenvalue weighted by atomic mass is 9.95. The van der Waals surface area contributed by atoms with Gasteiger partial charge in [0.15, 0.2) is 0 Å². The van der Waals surface area contributed by atoms with Crippen LogP contribution in [0.2, 0.25) is 0 Å². The van der Waals surface area contributed by atoms with E-state index >= 15 is 0 Å². The van der Waals surface area contributed by atoms with Gasteiger partial charge in [-0.25, -0.2) is 9.59 Å². The number of hydroxylamine groups is 2. The molecule has 9 heteroatoms. The molecule has 0 aromatic heterocycles. The number of benzene rings is 1. The van der Waals surface area contributed by atoms with Gasteiger partial charge in [0.2, 0.25) is 0 Å². The summed E-state index contributed by atoms with van der Waals surface area (Å²) in [5, 5.41) is 1.04. The van der Waals surface area contributed by atoms with Crippen LogP contribution in [0.4, 0.5) is 23.7 Å². The molecule has 0 bridgehead atoms. The van der Waals surface area contributed by atoms with E-state index in [1.807, 2.05) is 0 Å². The molecule has 1 aromatic carbocycles. The van der Waals surface area contributed by atoms with E-state index in [1.54, 1.807) is 24.3 Å². The summed E-state index contributed by atoms with van der Waals surface area (Å²) in [6.07, 6.45) is -3.80. The summed E-state index contributed by atoms with van der Waals surface area (Å²) in [6.45, 7) is 0.183. The van der Waals surface area contributed by atoms with E-state index in [2.05, 4.69) is 9.57 Å². The highest BCUT2D eigenvalue weighted by molar-refractivity contribution is 5.88. The molecule has 0 aliphatic carbocycles. The van der Waals surface area contributed by atoms with Gasteiger partial charge in [-0.05, 0) is 24.5 Å². The number of para-hydroxylation sites is 1. The summed E-state index contributed by atoms with van der Waals surface area (Å²) in [4.78, 5) is 28.8. The van der Waals surface area contributed by atoms with Crippen LogP contribution in [-0.2, 0) is 14.4 Å². The Labute approximate surface area is 143 Å². The zero-order valence-corrected chi connectivity index (χ0v) is 13.9. The number of hydrogen-bond donors (Lipinski definition) is 0. The Kier molecular flexibility index (Phi) is 5.89. The number of anilines is 1. The summed E-state index contributed by atoms with van der Waals surface area (Å²) in [6, 6.07) is 6.18. The molecule has 1 heterocycles. The molecule has 0 radical (unpaired) electrons. The first kappa shape index (κ1) is 19.0. The van der Waals surface area contributed by atoms with Crippen molar-refractivity contribution in [1.29, 1.82) is 0 Å². The number of carbonyl (C=O) groups excluding carboxylic acids is 2. The molecule has 25 heavy (non-hydrogen) atoms. The fraction of sp³-hybridized carbons (Fsp3) is 0.500. The molecule has 138 valence electrons. The fourth-order valence-corrected chi connectivity index (χ4v) is 2.79. The molecule has 1 aliphatic rings. The van der Waals surface area contributed by atoms with Crippen LogP contribution in [0.15, 0.2) is 24.3 Å². The summed E-state index contributed by atoms with van der Waals surface area (Å²) in [5.41, 5.74) is 1.07. The van der Waals surface area contributed by atoms with Crippen LogP contribution in [-0.4, -0.2) is 44.0 Å². The van der Waals surface area contributed by atoms with E-state index in [4.69, 9.17) is 0 Å². The monoisotopic (exact) mass is 360 g/mol. The summed E-state index contributed by atoms with van der Waals surface area (Å²) in [5.74, 6) is -2.25.